The van der Waals surface area contributed by atoms with Crippen molar-refractivity contribution < 1.29 is 4.79 Å². The summed E-state index contributed by atoms with van der Waals surface area (Å²) in [7, 11) is 1.78. The lowest BCUT2D eigenvalue weighted by Gasteiger charge is -2.17. The monoisotopic (exact) mass is 361 g/mol. The third-order valence-corrected chi connectivity index (χ3v) is 4.35. The van der Waals surface area contributed by atoms with Crippen molar-refractivity contribution in [2.45, 2.75) is 20.3 Å². The summed E-state index contributed by atoms with van der Waals surface area (Å²) in [6.07, 6.45) is 5.88. The Bertz CT molecular complexity index is 927. The molecule has 3 aromatic rings. The molecule has 2 heterocycles. The van der Waals surface area contributed by atoms with Crippen molar-refractivity contribution in [3.8, 4) is 0 Å². The highest BCUT2D eigenvalue weighted by atomic mass is 16.2. The van der Waals surface area contributed by atoms with E-state index in [0.717, 1.165) is 28.8 Å². The predicted octanol–water partition coefficient (Wildman–Crippen LogP) is 3.55. The van der Waals surface area contributed by atoms with E-state index in [9.17, 15) is 4.79 Å². The lowest BCUT2D eigenvalue weighted by Crippen LogP contribution is -2.29. The fraction of sp³-hybridized carbons (Fsp3) is 0.238. The van der Waals surface area contributed by atoms with E-state index in [1.807, 2.05) is 38.1 Å². The minimum absolute atomic E-state index is 0.129. The van der Waals surface area contributed by atoms with Gasteiger partial charge < -0.3 is 10.2 Å². The molecule has 6 heteroatoms. The van der Waals surface area contributed by atoms with Crippen LogP contribution < -0.4 is 5.32 Å². The van der Waals surface area contributed by atoms with Crippen LogP contribution in [0, 0.1) is 13.8 Å². The van der Waals surface area contributed by atoms with Crippen LogP contribution in [0.3, 0.4) is 0 Å². The molecule has 138 valence electrons. The SMILES string of the molecule is Cc1ccc(C)c(Nc2nccc(C(=O)N(C)CCc3ccncc3)n2)c1. The smallest absolute Gasteiger partial charge is 0.272 e. The van der Waals surface area contributed by atoms with Crippen LogP contribution >= 0.6 is 0 Å². The van der Waals surface area contributed by atoms with Gasteiger partial charge in [-0.3, -0.25) is 9.78 Å². The Kier molecular flexibility index (Phi) is 5.76. The largest absolute Gasteiger partial charge is 0.340 e. The molecule has 1 N–H and O–H groups in total. The summed E-state index contributed by atoms with van der Waals surface area (Å²) >= 11 is 0. The molecule has 27 heavy (non-hydrogen) atoms. The number of amides is 1. The number of hydrogen-bond acceptors (Lipinski definition) is 5. The fourth-order valence-corrected chi connectivity index (χ4v) is 2.67. The molecule has 0 bridgehead atoms. The number of nitrogens with one attached hydrogen (secondary N) is 1. The van der Waals surface area contributed by atoms with E-state index in [-0.39, 0.29) is 5.91 Å². The van der Waals surface area contributed by atoms with Crippen LogP contribution in [0.25, 0.3) is 0 Å². The van der Waals surface area contributed by atoms with Crippen molar-refractivity contribution in [1.82, 2.24) is 19.9 Å². The molecule has 2 aromatic heterocycles. The second-order valence-corrected chi connectivity index (χ2v) is 6.54. The Morgan fingerprint density at radius 1 is 1.07 bits per heavy atom. The lowest BCUT2D eigenvalue weighted by atomic mass is 10.1. The first kappa shape index (κ1) is 18.5. The van der Waals surface area contributed by atoms with Crippen molar-refractivity contribution in [3.63, 3.8) is 0 Å². The molecule has 0 aliphatic rings. The number of carbonyl (C=O) groups excluding carboxylic acids is 1. The first-order valence-corrected chi connectivity index (χ1v) is 8.84. The van der Waals surface area contributed by atoms with Gasteiger partial charge in [0.15, 0.2) is 0 Å². The van der Waals surface area contributed by atoms with Crippen LogP contribution in [-0.2, 0) is 6.42 Å². The van der Waals surface area contributed by atoms with Crippen LogP contribution in [0.2, 0.25) is 0 Å². The number of rotatable bonds is 6. The molecule has 3 rings (SSSR count). The standard InChI is InChI=1S/C21H23N5O/c1-15-4-5-16(2)19(14-15)25-21-23-12-8-18(24-21)20(27)26(3)13-9-17-6-10-22-11-7-17/h4-8,10-12,14H,9,13H2,1-3H3,(H,23,24,25). The van der Waals surface area contributed by atoms with E-state index in [4.69, 9.17) is 0 Å². The van der Waals surface area contributed by atoms with Crippen LogP contribution in [0.1, 0.15) is 27.2 Å². The van der Waals surface area contributed by atoms with Gasteiger partial charge in [-0.15, -0.1) is 0 Å². The number of nitrogens with zero attached hydrogens (tertiary/aromatic N) is 4. The maximum atomic E-state index is 12.7. The Morgan fingerprint density at radius 2 is 1.85 bits per heavy atom. The lowest BCUT2D eigenvalue weighted by molar-refractivity contribution is 0.0791. The summed E-state index contributed by atoms with van der Waals surface area (Å²) in [6.45, 7) is 4.65. The number of pyridine rings is 1. The molecule has 0 saturated heterocycles. The highest BCUT2D eigenvalue weighted by Gasteiger charge is 2.14. The van der Waals surface area contributed by atoms with Gasteiger partial charge in [-0.05, 0) is 61.2 Å². The normalized spacial score (nSPS) is 10.5. The van der Waals surface area contributed by atoms with Crippen molar-refractivity contribution in [2.24, 2.45) is 0 Å². The molecule has 0 spiro atoms. The van der Waals surface area contributed by atoms with E-state index in [2.05, 4.69) is 26.3 Å². The topological polar surface area (TPSA) is 71.0 Å². The van der Waals surface area contributed by atoms with Crippen molar-refractivity contribution >= 4 is 17.5 Å². The zero-order chi connectivity index (χ0) is 19.2. The molecular weight excluding hydrogens is 338 g/mol. The van der Waals surface area contributed by atoms with Crippen LogP contribution in [0.5, 0.6) is 0 Å². The summed E-state index contributed by atoms with van der Waals surface area (Å²) in [5.74, 6) is 0.285. The molecule has 1 amide bonds. The van der Waals surface area contributed by atoms with Crippen molar-refractivity contribution in [3.05, 3.63) is 77.4 Å². The predicted molar refractivity (Wildman–Crippen MR) is 106 cm³/mol. The minimum Gasteiger partial charge on any atom is -0.340 e. The Morgan fingerprint density at radius 3 is 2.63 bits per heavy atom. The van der Waals surface area contributed by atoms with Gasteiger partial charge in [0, 0.05) is 37.9 Å². The van der Waals surface area contributed by atoms with E-state index in [1.165, 1.54) is 0 Å². The summed E-state index contributed by atoms with van der Waals surface area (Å²) in [5, 5.41) is 3.21. The summed E-state index contributed by atoms with van der Waals surface area (Å²) in [6, 6.07) is 11.7. The molecule has 0 radical (unpaired) electrons. The Labute approximate surface area is 159 Å². The fourth-order valence-electron chi connectivity index (χ4n) is 2.67. The molecule has 0 aliphatic heterocycles. The van der Waals surface area contributed by atoms with Crippen LogP contribution in [-0.4, -0.2) is 39.4 Å². The summed E-state index contributed by atoms with van der Waals surface area (Å²) < 4.78 is 0. The molecule has 0 fully saturated rings. The molecule has 0 saturated carbocycles. The summed E-state index contributed by atoms with van der Waals surface area (Å²) in [5.41, 5.74) is 4.69. The number of anilines is 2. The van der Waals surface area contributed by atoms with Crippen molar-refractivity contribution in [2.75, 3.05) is 18.9 Å². The second kappa shape index (κ2) is 8.40. The molecule has 0 atom stereocenters. The average Bonchev–Trinajstić information content (AvgIpc) is 2.69. The number of likely N-dealkylation sites (N-methyl/N-ethyl adjacent to an activating group) is 1. The van der Waals surface area contributed by atoms with Gasteiger partial charge in [0.2, 0.25) is 5.95 Å². The Balaban J connectivity index is 1.68. The molecule has 0 unspecified atom stereocenters. The van der Waals surface area contributed by atoms with Gasteiger partial charge in [-0.2, -0.15) is 0 Å². The van der Waals surface area contributed by atoms with Crippen molar-refractivity contribution in [1.29, 1.82) is 0 Å². The second-order valence-electron chi connectivity index (χ2n) is 6.54. The van der Waals surface area contributed by atoms with Gasteiger partial charge in [0.05, 0.1) is 0 Å². The van der Waals surface area contributed by atoms with Gasteiger partial charge in [-0.25, -0.2) is 9.97 Å². The third kappa shape index (κ3) is 4.88. The van der Waals surface area contributed by atoms with E-state index in [0.29, 0.717) is 18.2 Å². The van der Waals surface area contributed by atoms with Gasteiger partial charge >= 0.3 is 0 Å². The highest BCUT2D eigenvalue weighted by Crippen LogP contribution is 2.19. The third-order valence-electron chi connectivity index (χ3n) is 4.35. The average molecular weight is 361 g/mol. The van der Waals surface area contributed by atoms with Crippen LogP contribution in [0.4, 0.5) is 11.6 Å². The molecular formula is C21H23N5O. The number of hydrogen-bond donors (Lipinski definition) is 1. The first-order valence-electron chi connectivity index (χ1n) is 8.84. The van der Waals surface area contributed by atoms with E-state index >= 15 is 0 Å². The molecule has 1 aromatic carbocycles. The van der Waals surface area contributed by atoms with E-state index in [1.54, 1.807) is 36.6 Å². The number of aromatic nitrogens is 3. The van der Waals surface area contributed by atoms with Gasteiger partial charge in [-0.1, -0.05) is 12.1 Å². The Hall–Kier alpha value is -3.28. The number of benzene rings is 1. The number of aryl methyl sites for hydroxylation is 2. The van der Waals surface area contributed by atoms with Gasteiger partial charge in [0.25, 0.3) is 5.91 Å². The zero-order valence-corrected chi connectivity index (χ0v) is 15.8. The van der Waals surface area contributed by atoms with Crippen LogP contribution in [0.15, 0.2) is 55.0 Å². The first-order chi connectivity index (χ1) is 13.0. The molecule has 6 nitrogen and oxygen atoms in total. The minimum atomic E-state index is -0.129. The maximum absolute atomic E-state index is 12.7. The quantitative estimate of drug-likeness (QED) is 0.727. The zero-order valence-electron chi connectivity index (χ0n) is 15.8. The van der Waals surface area contributed by atoms with E-state index < -0.39 is 0 Å². The molecule has 0 aliphatic carbocycles. The van der Waals surface area contributed by atoms with Gasteiger partial charge in [0.1, 0.15) is 5.69 Å². The number of carbonyl (C=O) groups is 1. The highest BCUT2D eigenvalue weighted by molar-refractivity contribution is 5.92. The maximum Gasteiger partial charge on any atom is 0.272 e. The summed E-state index contributed by atoms with van der Waals surface area (Å²) in [4.78, 5) is 27.0.